The van der Waals surface area contributed by atoms with Gasteiger partial charge in [-0.05, 0) is 39.0 Å². The summed E-state index contributed by atoms with van der Waals surface area (Å²) in [5.41, 5.74) is -1.39. The van der Waals surface area contributed by atoms with E-state index in [0.717, 1.165) is 12.1 Å². The molecular weight excluding hydrogens is 391 g/mol. The van der Waals surface area contributed by atoms with Gasteiger partial charge < -0.3 is 20.3 Å². The number of halogens is 3. The van der Waals surface area contributed by atoms with Crippen molar-refractivity contribution in [2.24, 2.45) is 5.92 Å². The van der Waals surface area contributed by atoms with Gasteiger partial charge in [0.05, 0.1) is 11.5 Å². The van der Waals surface area contributed by atoms with Crippen LogP contribution in [0.25, 0.3) is 0 Å². The number of hydrogen-bond donors (Lipinski definition) is 2. The Hall–Kier alpha value is -2.78. The van der Waals surface area contributed by atoms with E-state index in [1.165, 1.54) is 17.0 Å². The third-order valence-corrected chi connectivity index (χ3v) is 4.07. The topological polar surface area (TPSA) is 87.7 Å². The molecule has 1 aliphatic rings. The molecule has 1 aromatic rings. The van der Waals surface area contributed by atoms with Crippen LogP contribution in [0.2, 0.25) is 0 Å². The SMILES string of the molecule is CC(C)(C)OC(=O)NCCNC(=O)[C@@H]1CC(=O)N(c2cccc(C(F)(F)F)c2)C1. The van der Waals surface area contributed by atoms with Crippen LogP contribution >= 0.6 is 0 Å². The predicted octanol–water partition coefficient (Wildman–Crippen LogP) is 2.70. The maximum Gasteiger partial charge on any atom is 0.416 e. The van der Waals surface area contributed by atoms with Gasteiger partial charge in [0.25, 0.3) is 0 Å². The lowest BCUT2D eigenvalue weighted by atomic mass is 10.1. The predicted molar refractivity (Wildman–Crippen MR) is 99.2 cm³/mol. The van der Waals surface area contributed by atoms with Crippen LogP contribution in [0, 0.1) is 5.92 Å². The van der Waals surface area contributed by atoms with Gasteiger partial charge in [0.2, 0.25) is 11.8 Å². The van der Waals surface area contributed by atoms with E-state index >= 15 is 0 Å². The van der Waals surface area contributed by atoms with Crippen LogP contribution < -0.4 is 15.5 Å². The Bertz CT molecular complexity index is 775. The molecule has 0 spiro atoms. The monoisotopic (exact) mass is 415 g/mol. The summed E-state index contributed by atoms with van der Waals surface area (Å²) in [5, 5.41) is 5.09. The number of benzene rings is 1. The minimum atomic E-state index is -4.52. The molecule has 3 amide bonds. The third kappa shape index (κ3) is 6.65. The second-order valence-corrected chi connectivity index (χ2v) is 7.67. The van der Waals surface area contributed by atoms with Crippen molar-refractivity contribution in [1.82, 2.24) is 10.6 Å². The van der Waals surface area contributed by atoms with Crippen molar-refractivity contribution in [3.8, 4) is 0 Å². The van der Waals surface area contributed by atoms with Crippen molar-refractivity contribution in [3.05, 3.63) is 29.8 Å². The molecule has 0 aliphatic carbocycles. The number of nitrogens with one attached hydrogen (secondary N) is 2. The lowest BCUT2D eigenvalue weighted by molar-refractivity contribution is -0.137. The first kappa shape index (κ1) is 22.5. The number of nitrogens with zero attached hydrogens (tertiary/aromatic N) is 1. The second kappa shape index (κ2) is 8.71. The normalized spacial score (nSPS) is 17.2. The molecule has 1 aliphatic heterocycles. The van der Waals surface area contributed by atoms with Crippen LogP contribution in [0.4, 0.5) is 23.7 Å². The lowest BCUT2D eigenvalue weighted by Gasteiger charge is -2.20. The highest BCUT2D eigenvalue weighted by molar-refractivity contribution is 6.00. The van der Waals surface area contributed by atoms with E-state index in [1.54, 1.807) is 20.8 Å². The first-order valence-electron chi connectivity index (χ1n) is 9.09. The van der Waals surface area contributed by atoms with Crippen molar-refractivity contribution in [2.75, 3.05) is 24.5 Å². The van der Waals surface area contributed by atoms with Crippen molar-refractivity contribution in [2.45, 2.75) is 39.0 Å². The maximum atomic E-state index is 12.9. The fourth-order valence-electron chi connectivity index (χ4n) is 2.79. The summed E-state index contributed by atoms with van der Waals surface area (Å²) in [6.45, 7) is 5.43. The Morgan fingerprint density at radius 1 is 1.17 bits per heavy atom. The van der Waals surface area contributed by atoms with Crippen LogP contribution in [0.3, 0.4) is 0 Å². The van der Waals surface area contributed by atoms with Gasteiger partial charge in [-0.3, -0.25) is 9.59 Å². The quantitative estimate of drug-likeness (QED) is 0.724. The number of rotatable bonds is 5. The molecule has 0 bridgehead atoms. The number of anilines is 1. The molecule has 1 atom stereocenters. The number of ether oxygens (including phenoxy) is 1. The highest BCUT2D eigenvalue weighted by Crippen LogP contribution is 2.33. The summed E-state index contributed by atoms with van der Waals surface area (Å²) in [6.07, 6.45) is -5.23. The summed E-state index contributed by atoms with van der Waals surface area (Å²) in [7, 11) is 0. The highest BCUT2D eigenvalue weighted by atomic mass is 19.4. The number of carbonyl (C=O) groups is 3. The third-order valence-electron chi connectivity index (χ3n) is 4.07. The molecule has 0 radical (unpaired) electrons. The van der Waals surface area contributed by atoms with E-state index in [9.17, 15) is 27.6 Å². The van der Waals surface area contributed by atoms with E-state index in [4.69, 9.17) is 4.74 Å². The molecule has 0 saturated carbocycles. The first-order chi connectivity index (χ1) is 13.4. The van der Waals surface area contributed by atoms with Gasteiger partial charge in [-0.25, -0.2) is 4.79 Å². The maximum absolute atomic E-state index is 12.9. The Kier molecular flexibility index (Phi) is 6.76. The van der Waals surface area contributed by atoms with Gasteiger partial charge in [-0.15, -0.1) is 0 Å². The molecule has 2 rings (SSSR count). The number of amides is 3. The highest BCUT2D eigenvalue weighted by Gasteiger charge is 2.36. The smallest absolute Gasteiger partial charge is 0.416 e. The molecular formula is C19H24F3N3O4. The Morgan fingerprint density at radius 2 is 1.83 bits per heavy atom. The Balaban J connectivity index is 1.85. The summed E-state index contributed by atoms with van der Waals surface area (Å²) >= 11 is 0. The van der Waals surface area contributed by atoms with Gasteiger partial charge in [-0.2, -0.15) is 13.2 Å². The number of carbonyl (C=O) groups excluding carboxylic acids is 3. The van der Waals surface area contributed by atoms with Crippen molar-refractivity contribution >= 4 is 23.6 Å². The van der Waals surface area contributed by atoms with E-state index in [0.29, 0.717) is 0 Å². The van der Waals surface area contributed by atoms with E-state index in [1.807, 2.05) is 0 Å². The van der Waals surface area contributed by atoms with E-state index in [-0.39, 0.29) is 31.7 Å². The summed E-state index contributed by atoms with van der Waals surface area (Å²) in [5.74, 6) is -1.51. The van der Waals surface area contributed by atoms with Crippen molar-refractivity contribution in [1.29, 1.82) is 0 Å². The van der Waals surface area contributed by atoms with Gasteiger partial charge in [0.1, 0.15) is 5.60 Å². The molecule has 29 heavy (non-hydrogen) atoms. The first-order valence-corrected chi connectivity index (χ1v) is 9.09. The average molecular weight is 415 g/mol. The van der Waals surface area contributed by atoms with Crippen LogP contribution in [0.1, 0.15) is 32.8 Å². The van der Waals surface area contributed by atoms with Gasteiger partial charge in [0.15, 0.2) is 0 Å². The molecule has 0 aromatic heterocycles. The fourth-order valence-corrected chi connectivity index (χ4v) is 2.79. The van der Waals surface area contributed by atoms with Crippen LogP contribution in [-0.4, -0.2) is 43.1 Å². The Labute approximate surface area is 166 Å². The zero-order chi connectivity index (χ0) is 21.8. The number of alkyl halides is 3. The average Bonchev–Trinajstić information content (AvgIpc) is 2.98. The van der Waals surface area contributed by atoms with E-state index in [2.05, 4.69) is 10.6 Å². The molecule has 7 nitrogen and oxygen atoms in total. The van der Waals surface area contributed by atoms with Gasteiger partial charge in [-0.1, -0.05) is 6.07 Å². The minimum absolute atomic E-state index is 0.00846. The molecule has 10 heteroatoms. The van der Waals surface area contributed by atoms with Crippen molar-refractivity contribution in [3.63, 3.8) is 0 Å². The standard InChI is InChI=1S/C19H24F3N3O4/c1-18(2,3)29-17(28)24-8-7-23-16(27)12-9-15(26)25(11-12)14-6-4-5-13(10-14)19(20,21)22/h4-6,10,12H,7-9,11H2,1-3H3,(H,23,27)(H,24,28)/t12-/m1/s1. The van der Waals surface area contributed by atoms with Crippen LogP contribution in [0.5, 0.6) is 0 Å². The van der Waals surface area contributed by atoms with Gasteiger partial charge in [0, 0.05) is 31.7 Å². The molecule has 1 heterocycles. The molecule has 1 fully saturated rings. The van der Waals surface area contributed by atoms with Crippen LogP contribution in [-0.2, 0) is 20.5 Å². The van der Waals surface area contributed by atoms with Gasteiger partial charge >= 0.3 is 12.3 Å². The molecule has 1 aromatic carbocycles. The number of hydrogen-bond acceptors (Lipinski definition) is 4. The summed E-state index contributed by atoms with van der Waals surface area (Å²) < 4.78 is 43.7. The molecule has 1 saturated heterocycles. The van der Waals surface area contributed by atoms with Crippen LogP contribution in [0.15, 0.2) is 24.3 Å². The minimum Gasteiger partial charge on any atom is -0.444 e. The summed E-state index contributed by atoms with van der Waals surface area (Å²) in [4.78, 5) is 37.1. The zero-order valence-electron chi connectivity index (χ0n) is 16.4. The molecule has 2 N–H and O–H groups in total. The Morgan fingerprint density at radius 3 is 2.45 bits per heavy atom. The number of alkyl carbamates (subject to hydrolysis) is 1. The largest absolute Gasteiger partial charge is 0.444 e. The summed E-state index contributed by atoms with van der Waals surface area (Å²) in [6, 6.07) is 4.44. The van der Waals surface area contributed by atoms with Crippen molar-refractivity contribution < 1.29 is 32.3 Å². The molecule has 0 unspecified atom stereocenters. The van der Waals surface area contributed by atoms with E-state index < -0.39 is 41.2 Å². The second-order valence-electron chi connectivity index (χ2n) is 7.67. The zero-order valence-corrected chi connectivity index (χ0v) is 16.4. The lowest BCUT2D eigenvalue weighted by Crippen LogP contribution is -2.40. The fraction of sp³-hybridized carbons (Fsp3) is 0.526. The molecule has 160 valence electrons.